The Hall–Kier alpha value is -6.48. The van der Waals surface area contributed by atoms with Crippen molar-refractivity contribution in [2.24, 2.45) is 0 Å². The molecule has 10 aromatic carbocycles. The number of aryl methyl sites for hydroxylation is 2. The number of hydrogen-bond acceptors (Lipinski definition) is 2. The molecular weight excluding hydrogens is 969 g/mol. The van der Waals surface area contributed by atoms with Gasteiger partial charge in [-0.1, -0.05) is 255 Å². The van der Waals surface area contributed by atoms with Crippen molar-refractivity contribution in [1.29, 1.82) is 0 Å². The lowest BCUT2D eigenvalue weighted by molar-refractivity contribution is 0.682. The molecule has 0 amide bonds. The second-order valence-corrected chi connectivity index (χ2v) is 28.0. The lowest BCUT2D eigenvalue weighted by Gasteiger charge is -2.45. The molecule has 2 aliphatic carbocycles. The van der Waals surface area contributed by atoms with Gasteiger partial charge in [-0.15, -0.1) is 0 Å². The highest BCUT2D eigenvalue weighted by atomic mass is 31.2. The predicted octanol–water partition coefficient (Wildman–Crippen LogP) is 14.9. The van der Waals surface area contributed by atoms with Gasteiger partial charge in [0.15, 0.2) is 0 Å². The average Bonchev–Trinajstić information content (AvgIpc) is 3.53. The zero-order chi connectivity index (χ0) is 49.5. The smallest absolute Gasteiger partial charge is 0.0590 e. The van der Waals surface area contributed by atoms with Gasteiger partial charge in [0.25, 0.3) is 0 Å². The number of benzene rings is 10. The van der Waals surface area contributed by atoms with E-state index in [9.17, 15) is 0 Å². The monoisotopic (exact) mass is 1030 g/mol. The minimum atomic E-state index is -1.15. The SMILES string of the molecule is c1ccc(P(c2ccccc2)N(c2ccc3c(c2-c2c(N(P(c4ccccc4)c4ccccc4)P(c4ccccc4)c4ccccc4)ccc4c2CCCC4)CCCC3)P(c2ccccc2)c2ccccc2)cc1. The third-order valence-corrected chi connectivity index (χ3v) is 25.3. The van der Waals surface area contributed by atoms with Gasteiger partial charge in [0.2, 0.25) is 0 Å². The molecule has 2 aliphatic rings. The number of nitrogens with zero attached hydrogens (tertiary/aromatic N) is 2. The summed E-state index contributed by atoms with van der Waals surface area (Å²) in [4.78, 5) is 0. The van der Waals surface area contributed by atoms with E-state index in [2.05, 4.69) is 276 Å². The molecule has 12 rings (SSSR count). The Morgan fingerprint density at radius 1 is 0.216 bits per heavy atom. The molecule has 0 saturated heterocycles. The molecule has 0 radical (unpaired) electrons. The van der Waals surface area contributed by atoms with Crippen LogP contribution in [0, 0.1) is 0 Å². The van der Waals surface area contributed by atoms with Gasteiger partial charge in [-0.2, -0.15) is 0 Å². The van der Waals surface area contributed by atoms with E-state index in [1.807, 2.05) is 0 Å². The Kier molecular flexibility index (Phi) is 15.0. The summed E-state index contributed by atoms with van der Waals surface area (Å²) in [6.45, 7) is 0. The molecule has 2 nitrogen and oxygen atoms in total. The van der Waals surface area contributed by atoms with Crippen molar-refractivity contribution in [3.63, 3.8) is 0 Å². The van der Waals surface area contributed by atoms with E-state index in [1.54, 1.807) is 11.1 Å². The highest BCUT2D eigenvalue weighted by molar-refractivity contribution is 7.91. The zero-order valence-corrected chi connectivity index (χ0v) is 45.3. The zero-order valence-electron chi connectivity index (χ0n) is 41.7. The maximum atomic E-state index is 2.98. The number of hydrogen-bond donors (Lipinski definition) is 0. The second-order valence-electron chi connectivity index (χ2n) is 19.1. The molecule has 0 aromatic heterocycles. The van der Waals surface area contributed by atoms with Crippen molar-refractivity contribution in [2.75, 3.05) is 8.88 Å². The number of rotatable bonds is 15. The Balaban J connectivity index is 1.25. The predicted molar refractivity (Wildman–Crippen MR) is 326 cm³/mol. The van der Waals surface area contributed by atoms with E-state index < -0.39 is 32.3 Å². The molecule has 6 heteroatoms. The van der Waals surface area contributed by atoms with Crippen LogP contribution in [-0.2, 0) is 25.7 Å². The van der Waals surface area contributed by atoms with Crippen molar-refractivity contribution in [1.82, 2.24) is 0 Å². The summed E-state index contributed by atoms with van der Waals surface area (Å²) in [6, 6.07) is 102. The highest BCUT2D eigenvalue weighted by Gasteiger charge is 2.40. The standard InChI is InChI=1S/C68H60N2P4/c1-9-31-55(32-10-1)71(56-33-11-2-12-34-56)69(72(57-35-13-3-14-36-57)58-37-15-4-16-38-58)65-51-49-53-29-25-27-47-63(53)67(65)68-64-48-28-26-30-54(64)50-52-66(68)70(73(59-39-17-5-18-40-59)60-41-19-6-20-42-60)74(61-43-21-7-22-44-61)62-45-23-8-24-46-62/h1-24,31-46,49-52H,25-30,47-48H2. The molecule has 362 valence electrons. The van der Waals surface area contributed by atoms with Crippen molar-refractivity contribution in [3.05, 3.63) is 289 Å². The van der Waals surface area contributed by atoms with Crippen LogP contribution in [-0.4, -0.2) is 0 Å². The van der Waals surface area contributed by atoms with Crippen LogP contribution in [0.25, 0.3) is 11.1 Å². The minimum Gasteiger partial charge on any atom is -0.312 e. The topological polar surface area (TPSA) is 6.48 Å². The van der Waals surface area contributed by atoms with Crippen LogP contribution in [0.5, 0.6) is 0 Å². The molecule has 0 heterocycles. The maximum Gasteiger partial charge on any atom is 0.0590 e. The molecule has 10 aromatic rings. The van der Waals surface area contributed by atoms with E-state index >= 15 is 0 Å². The Morgan fingerprint density at radius 3 is 0.635 bits per heavy atom. The average molecular weight is 1030 g/mol. The maximum absolute atomic E-state index is 2.98. The van der Waals surface area contributed by atoms with Gasteiger partial charge in [-0.25, -0.2) is 0 Å². The van der Waals surface area contributed by atoms with Crippen molar-refractivity contribution in [3.8, 4) is 11.1 Å². The second kappa shape index (κ2) is 23.0. The van der Waals surface area contributed by atoms with E-state index in [4.69, 9.17) is 0 Å². The first-order valence-corrected chi connectivity index (χ1v) is 31.5. The van der Waals surface area contributed by atoms with Gasteiger partial charge < -0.3 is 8.88 Å². The molecule has 0 fully saturated rings. The lowest BCUT2D eigenvalue weighted by atomic mass is 9.79. The fourth-order valence-corrected chi connectivity index (χ4v) is 23.2. The summed E-state index contributed by atoms with van der Waals surface area (Å²) in [6.07, 6.45) is 9.07. The van der Waals surface area contributed by atoms with Gasteiger partial charge in [0.05, 0.1) is 43.7 Å². The van der Waals surface area contributed by atoms with Crippen LogP contribution in [0.3, 0.4) is 0 Å². The van der Waals surface area contributed by atoms with E-state index in [0.717, 1.165) is 25.7 Å². The van der Waals surface area contributed by atoms with Crippen LogP contribution in [0.2, 0.25) is 0 Å². The Labute approximate surface area is 444 Å². The lowest BCUT2D eigenvalue weighted by Crippen LogP contribution is -2.33. The van der Waals surface area contributed by atoms with E-state index in [-0.39, 0.29) is 0 Å². The van der Waals surface area contributed by atoms with Gasteiger partial charge in [-0.3, -0.25) is 0 Å². The molecular formula is C68H60N2P4. The first-order chi connectivity index (χ1) is 36.8. The summed E-state index contributed by atoms with van der Waals surface area (Å²) < 4.78 is 5.96. The van der Waals surface area contributed by atoms with E-state index in [1.165, 1.54) is 102 Å². The van der Waals surface area contributed by atoms with Crippen LogP contribution in [0.15, 0.2) is 267 Å². The molecule has 0 atom stereocenters. The largest absolute Gasteiger partial charge is 0.312 e. The molecule has 0 spiro atoms. The first-order valence-electron chi connectivity index (χ1n) is 26.3. The molecule has 0 aliphatic heterocycles. The van der Waals surface area contributed by atoms with Gasteiger partial charge >= 0.3 is 0 Å². The summed E-state index contributed by atoms with van der Waals surface area (Å²) >= 11 is 0. The van der Waals surface area contributed by atoms with Crippen molar-refractivity contribution >= 4 is 86.1 Å². The first kappa shape index (κ1) is 48.5. The van der Waals surface area contributed by atoms with Crippen LogP contribution in [0.1, 0.15) is 47.9 Å². The fourth-order valence-electron chi connectivity index (χ4n) is 11.2. The number of anilines is 2. The Morgan fingerprint density at radius 2 is 0.419 bits per heavy atom. The van der Waals surface area contributed by atoms with Gasteiger partial charge in [-0.05, 0) is 85.8 Å². The minimum absolute atomic E-state index is 1.05. The van der Waals surface area contributed by atoms with E-state index in [0.29, 0.717) is 0 Å². The molecule has 0 saturated carbocycles. The van der Waals surface area contributed by atoms with Crippen molar-refractivity contribution < 1.29 is 0 Å². The van der Waals surface area contributed by atoms with Gasteiger partial charge in [0, 0.05) is 53.6 Å². The van der Waals surface area contributed by atoms with Crippen molar-refractivity contribution in [2.45, 2.75) is 51.4 Å². The molecule has 0 bridgehead atoms. The normalized spacial score (nSPS) is 13.2. The fraction of sp³-hybridized carbons (Fsp3) is 0.118. The molecule has 0 N–H and O–H groups in total. The summed E-state index contributed by atoms with van der Waals surface area (Å²) in [5, 5.41) is 10.8. The third kappa shape index (κ3) is 9.96. The summed E-state index contributed by atoms with van der Waals surface area (Å²) in [7, 11) is -4.58. The van der Waals surface area contributed by atoms with Crippen LogP contribution in [0.4, 0.5) is 11.4 Å². The van der Waals surface area contributed by atoms with Crippen LogP contribution >= 0.6 is 32.3 Å². The summed E-state index contributed by atoms with van der Waals surface area (Å²) in [5.74, 6) is 0. The highest BCUT2D eigenvalue weighted by Crippen LogP contribution is 2.64. The van der Waals surface area contributed by atoms with Gasteiger partial charge in [0.1, 0.15) is 0 Å². The summed E-state index contributed by atoms with van der Waals surface area (Å²) in [5.41, 5.74) is 11.7. The number of fused-ring (bicyclic) bond motifs is 2. The molecule has 74 heavy (non-hydrogen) atoms. The Bertz CT molecular complexity index is 2850. The van der Waals surface area contributed by atoms with Crippen LogP contribution < -0.4 is 51.3 Å². The third-order valence-electron chi connectivity index (χ3n) is 14.5. The quantitative estimate of drug-likeness (QED) is 0.0944. The molecule has 0 unspecified atom stereocenters.